The molecule has 23 heavy (non-hydrogen) atoms. The lowest BCUT2D eigenvalue weighted by molar-refractivity contribution is -0.123. The Hall–Kier alpha value is -2.71. The van der Waals surface area contributed by atoms with Crippen LogP contribution in [0.3, 0.4) is 0 Å². The molecule has 6 nitrogen and oxygen atoms in total. The molecular weight excluding hydrogens is 317 g/mol. The number of alkyl halides is 3. The smallest absolute Gasteiger partial charge is 0.405 e. The molecule has 2 aromatic rings. The SMILES string of the molecule is COc1cccc(OCc2nc(C(=O)NCC(F)(F)F)co2)c1. The minimum atomic E-state index is -4.49. The van der Waals surface area contributed by atoms with Gasteiger partial charge in [0.15, 0.2) is 12.3 Å². The van der Waals surface area contributed by atoms with Crippen LogP contribution in [0.1, 0.15) is 16.4 Å². The average Bonchev–Trinajstić information content (AvgIpc) is 2.99. The summed E-state index contributed by atoms with van der Waals surface area (Å²) in [7, 11) is 1.51. The van der Waals surface area contributed by atoms with Crippen molar-refractivity contribution in [2.75, 3.05) is 13.7 Å². The average molecular weight is 330 g/mol. The maximum absolute atomic E-state index is 12.0. The van der Waals surface area contributed by atoms with E-state index in [1.54, 1.807) is 29.6 Å². The zero-order valence-electron chi connectivity index (χ0n) is 12.0. The number of methoxy groups -OCH3 is 1. The van der Waals surface area contributed by atoms with E-state index in [4.69, 9.17) is 13.9 Å². The number of hydrogen-bond acceptors (Lipinski definition) is 5. The van der Waals surface area contributed by atoms with Crippen molar-refractivity contribution in [2.45, 2.75) is 12.8 Å². The summed E-state index contributed by atoms with van der Waals surface area (Å²) in [6.45, 7) is -1.52. The second kappa shape index (κ2) is 7.03. The predicted octanol–water partition coefficient (Wildman–Crippen LogP) is 2.55. The third kappa shape index (κ3) is 5.20. The fourth-order valence-electron chi connectivity index (χ4n) is 1.59. The number of oxazole rings is 1. The van der Waals surface area contributed by atoms with Crippen LogP contribution in [0, 0.1) is 0 Å². The number of ether oxygens (including phenoxy) is 2. The van der Waals surface area contributed by atoms with E-state index in [2.05, 4.69) is 4.98 Å². The summed E-state index contributed by atoms with van der Waals surface area (Å²) in [6, 6.07) is 6.78. The Kier molecular flexibility index (Phi) is 5.09. The molecule has 1 aromatic heterocycles. The number of hydrogen-bond donors (Lipinski definition) is 1. The van der Waals surface area contributed by atoms with Crippen LogP contribution < -0.4 is 14.8 Å². The highest BCUT2D eigenvalue weighted by Crippen LogP contribution is 2.20. The molecule has 0 radical (unpaired) electrons. The molecule has 0 aliphatic heterocycles. The van der Waals surface area contributed by atoms with E-state index in [1.165, 1.54) is 7.11 Å². The summed E-state index contributed by atoms with van der Waals surface area (Å²) in [5.41, 5.74) is -0.251. The number of carbonyl (C=O) groups excluding carboxylic acids is 1. The zero-order chi connectivity index (χ0) is 16.9. The van der Waals surface area contributed by atoms with Crippen molar-refractivity contribution >= 4 is 5.91 Å². The molecule has 0 aliphatic carbocycles. The van der Waals surface area contributed by atoms with Crippen LogP contribution in [0.4, 0.5) is 13.2 Å². The molecule has 9 heteroatoms. The number of benzene rings is 1. The summed E-state index contributed by atoms with van der Waals surface area (Å²) in [6.07, 6.45) is -3.52. The lowest BCUT2D eigenvalue weighted by Crippen LogP contribution is -2.33. The van der Waals surface area contributed by atoms with Gasteiger partial charge in [-0.3, -0.25) is 4.79 Å². The number of carbonyl (C=O) groups is 1. The fourth-order valence-corrected chi connectivity index (χ4v) is 1.59. The normalized spacial score (nSPS) is 11.1. The molecule has 1 amide bonds. The van der Waals surface area contributed by atoms with Crippen molar-refractivity contribution in [3.05, 3.63) is 42.1 Å². The number of amides is 1. The van der Waals surface area contributed by atoms with Crippen LogP contribution in [0.2, 0.25) is 0 Å². The first kappa shape index (κ1) is 16.7. The fraction of sp³-hybridized carbons (Fsp3) is 0.286. The van der Waals surface area contributed by atoms with Gasteiger partial charge in [0.2, 0.25) is 5.89 Å². The van der Waals surface area contributed by atoms with Crippen LogP contribution in [0.5, 0.6) is 11.5 Å². The van der Waals surface area contributed by atoms with Crippen molar-refractivity contribution < 1.29 is 31.9 Å². The first-order valence-electron chi connectivity index (χ1n) is 6.43. The van der Waals surface area contributed by atoms with Gasteiger partial charge in [0, 0.05) is 6.07 Å². The molecule has 0 atom stereocenters. The van der Waals surface area contributed by atoms with Gasteiger partial charge in [0.05, 0.1) is 7.11 Å². The molecule has 0 aliphatic rings. The van der Waals surface area contributed by atoms with Gasteiger partial charge in [-0.15, -0.1) is 0 Å². The standard InChI is InChI=1S/C14H13F3N2O4/c1-21-9-3-2-4-10(5-9)22-7-12-19-11(6-23-12)13(20)18-8-14(15,16)17/h2-6H,7-8H2,1H3,(H,18,20). The number of nitrogens with one attached hydrogen (secondary N) is 1. The molecule has 0 fully saturated rings. The Morgan fingerprint density at radius 2 is 2.09 bits per heavy atom. The van der Waals surface area contributed by atoms with E-state index in [0.29, 0.717) is 11.5 Å². The summed E-state index contributed by atoms with van der Waals surface area (Å²) < 4.78 is 51.5. The lowest BCUT2D eigenvalue weighted by Gasteiger charge is -2.06. The lowest BCUT2D eigenvalue weighted by atomic mass is 10.3. The molecule has 0 bridgehead atoms. The third-order valence-electron chi connectivity index (χ3n) is 2.64. The van der Waals surface area contributed by atoms with Crippen LogP contribution in [-0.4, -0.2) is 30.7 Å². The summed E-state index contributed by atoms with van der Waals surface area (Å²) >= 11 is 0. The molecular formula is C14H13F3N2O4. The van der Waals surface area contributed by atoms with E-state index in [-0.39, 0.29) is 18.2 Å². The molecule has 0 spiro atoms. The van der Waals surface area contributed by atoms with Crippen LogP contribution in [0.25, 0.3) is 0 Å². The first-order valence-corrected chi connectivity index (χ1v) is 6.43. The molecule has 0 saturated carbocycles. The molecule has 124 valence electrons. The second-order valence-electron chi connectivity index (χ2n) is 4.39. The van der Waals surface area contributed by atoms with Gasteiger partial charge >= 0.3 is 6.18 Å². The van der Waals surface area contributed by atoms with Crippen molar-refractivity contribution in [3.8, 4) is 11.5 Å². The number of aromatic nitrogens is 1. The molecule has 0 unspecified atom stereocenters. The van der Waals surface area contributed by atoms with Crippen molar-refractivity contribution in [2.24, 2.45) is 0 Å². The van der Waals surface area contributed by atoms with E-state index >= 15 is 0 Å². The van der Waals surface area contributed by atoms with Gasteiger partial charge in [0.1, 0.15) is 24.3 Å². The van der Waals surface area contributed by atoms with Crippen LogP contribution in [0.15, 0.2) is 34.9 Å². The maximum Gasteiger partial charge on any atom is 0.405 e. The Morgan fingerprint density at radius 1 is 1.35 bits per heavy atom. The Morgan fingerprint density at radius 3 is 2.78 bits per heavy atom. The van der Waals surface area contributed by atoms with E-state index in [9.17, 15) is 18.0 Å². The Bertz CT molecular complexity index is 670. The monoisotopic (exact) mass is 330 g/mol. The molecule has 1 heterocycles. The first-order chi connectivity index (χ1) is 10.9. The van der Waals surface area contributed by atoms with Crippen molar-refractivity contribution in [3.63, 3.8) is 0 Å². The molecule has 1 aromatic carbocycles. The van der Waals surface area contributed by atoms with E-state index in [1.807, 2.05) is 0 Å². The Labute approximate surface area is 129 Å². The van der Waals surface area contributed by atoms with E-state index < -0.39 is 18.6 Å². The van der Waals surface area contributed by atoms with Gasteiger partial charge in [-0.25, -0.2) is 4.98 Å². The van der Waals surface area contributed by atoms with Gasteiger partial charge in [-0.1, -0.05) is 6.07 Å². The maximum atomic E-state index is 12.0. The number of halogens is 3. The largest absolute Gasteiger partial charge is 0.497 e. The van der Waals surface area contributed by atoms with Gasteiger partial charge in [0.25, 0.3) is 5.91 Å². The number of nitrogens with zero attached hydrogens (tertiary/aromatic N) is 1. The van der Waals surface area contributed by atoms with Crippen LogP contribution >= 0.6 is 0 Å². The molecule has 1 N–H and O–H groups in total. The summed E-state index contributed by atoms with van der Waals surface area (Å²) in [5.74, 6) is 0.177. The quantitative estimate of drug-likeness (QED) is 0.881. The highest BCUT2D eigenvalue weighted by molar-refractivity contribution is 5.91. The second-order valence-corrected chi connectivity index (χ2v) is 4.39. The predicted molar refractivity (Wildman–Crippen MR) is 72.2 cm³/mol. The van der Waals surface area contributed by atoms with Gasteiger partial charge < -0.3 is 19.2 Å². The summed E-state index contributed by atoms with van der Waals surface area (Å²) in [4.78, 5) is 15.2. The van der Waals surface area contributed by atoms with Crippen molar-refractivity contribution in [1.82, 2.24) is 10.3 Å². The van der Waals surface area contributed by atoms with Gasteiger partial charge in [-0.05, 0) is 12.1 Å². The molecule has 0 saturated heterocycles. The van der Waals surface area contributed by atoms with Crippen LogP contribution in [-0.2, 0) is 6.61 Å². The van der Waals surface area contributed by atoms with Gasteiger partial charge in [-0.2, -0.15) is 13.2 Å². The number of rotatable bonds is 6. The zero-order valence-corrected chi connectivity index (χ0v) is 12.0. The summed E-state index contributed by atoms with van der Waals surface area (Å²) in [5, 5.41) is 1.70. The third-order valence-corrected chi connectivity index (χ3v) is 2.64. The topological polar surface area (TPSA) is 73.6 Å². The Balaban J connectivity index is 1.90. The highest BCUT2D eigenvalue weighted by atomic mass is 19.4. The minimum Gasteiger partial charge on any atom is -0.497 e. The minimum absolute atomic E-state index is 0.0602. The highest BCUT2D eigenvalue weighted by Gasteiger charge is 2.28. The van der Waals surface area contributed by atoms with E-state index in [0.717, 1.165) is 6.26 Å². The van der Waals surface area contributed by atoms with Crippen molar-refractivity contribution in [1.29, 1.82) is 0 Å². The molecule has 2 rings (SSSR count).